The molecule has 1 amide bonds. The number of ether oxygens (including phenoxy) is 1. The molecule has 1 N–H and O–H groups in total. The van der Waals surface area contributed by atoms with Gasteiger partial charge in [-0.25, -0.2) is 4.98 Å². The molecule has 7 heteroatoms. The Bertz CT molecular complexity index is 1220. The number of pyridine rings is 1. The maximum atomic E-state index is 11.8. The SMILES string of the molecule is CC(=O)NC1=CC(C)(C)Oc2nc(-c3ccc(Cl)cc3Cl)c(-c3ccc(Cl)cc3)cc21. The number of carbonyl (C=O) groups excluding carboxylic acids is 1. The first-order valence-electron chi connectivity index (χ1n) is 9.59. The summed E-state index contributed by atoms with van der Waals surface area (Å²) in [7, 11) is 0. The lowest BCUT2D eigenvalue weighted by Crippen LogP contribution is -2.33. The van der Waals surface area contributed by atoms with E-state index >= 15 is 0 Å². The van der Waals surface area contributed by atoms with E-state index in [9.17, 15) is 4.79 Å². The maximum Gasteiger partial charge on any atom is 0.224 e. The number of fused-ring (bicyclic) bond motifs is 1. The molecule has 0 spiro atoms. The van der Waals surface area contributed by atoms with Crippen LogP contribution in [0.15, 0.2) is 54.6 Å². The average Bonchev–Trinajstić information content (AvgIpc) is 2.67. The van der Waals surface area contributed by atoms with Gasteiger partial charge in [-0.3, -0.25) is 4.79 Å². The molecule has 1 aliphatic heterocycles. The number of rotatable bonds is 3. The largest absolute Gasteiger partial charge is 0.467 e. The van der Waals surface area contributed by atoms with Gasteiger partial charge in [0, 0.05) is 28.1 Å². The summed E-state index contributed by atoms with van der Waals surface area (Å²) in [5.41, 5.74) is 3.76. The highest BCUT2D eigenvalue weighted by molar-refractivity contribution is 6.36. The van der Waals surface area contributed by atoms with Crippen LogP contribution in [0, 0.1) is 0 Å². The van der Waals surface area contributed by atoms with Gasteiger partial charge in [0.25, 0.3) is 0 Å². The molecule has 0 bridgehead atoms. The molecule has 2 aromatic carbocycles. The Balaban J connectivity index is 2.00. The maximum absolute atomic E-state index is 11.8. The highest BCUT2D eigenvalue weighted by Gasteiger charge is 2.30. The summed E-state index contributed by atoms with van der Waals surface area (Å²) in [5.74, 6) is 0.239. The third-order valence-corrected chi connectivity index (χ3v) is 5.58. The van der Waals surface area contributed by atoms with E-state index in [2.05, 4.69) is 5.32 Å². The van der Waals surface area contributed by atoms with Crippen molar-refractivity contribution in [2.45, 2.75) is 26.4 Å². The predicted molar refractivity (Wildman–Crippen MR) is 127 cm³/mol. The summed E-state index contributed by atoms with van der Waals surface area (Å²) >= 11 is 18.7. The molecular formula is C24H19Cl3N2O2. The molecule has 31 heavy (non-hydrogen) atoms. The fourth-order valence-corrected chi connectivity index (χ4v) is 4.12. The second-order valence-corrected chi connectivity index (χ2v) is 9.09. The van der Waals surface area contributed by atoms with Crippen molar-refractivity contribution in [3.8, 4) is 28.3 Å². The van der Waals surface area contributed by atoms with E-state index in [1.165, 1.54) is 6.92 Å². The fourth-order valence-electron chi connectivity index (χ4n) is 3.50. The monoisotopic (exact) mass is 472 g/mol. The third kappa shape index (κ3) is 4.57. The summed E-state index contributed by atoms with van der Waals surface area (Å²) < 4.78 is 6.14. The van der Waals surface area contributed by atoms with Gasteiger partial charge in [0.05, 0.1) is 22.0 Å². The Morgan fingerprint density at radius 3 is 2.26 bits per heavy atom. The summed E-state index contributed by atoms with van der Waals surface area (Å²) in [6.07, 6.45) is 1.87. The van der Waals surface area contributed by atoms with Crippen molar-refractivity contribution in [3.63, 3.8) is 0 Å². The van der Waals surface area contributed by atoms with Crippen LogP contribution in [0.4, 0.5) is 0 Å². The molecule has 0 saturated heterocycles. The molecule has 158 valence electrons. The zero-order valence-corrected chi connectivity index (χ0v) is 19.4. The van der Waals surface area contributed by atoms with E-state index in [0.717, 1.165) is 16.7 Å². The average molecular weight is 474 g/mol. The number of nitrogens with one attached hydrogen (secondary N) is 1. The molecule has 0 fully saturated rings. The van der Waals surface area contributed by atoms with Gasteiger partial charge in [-0.15, -0.1) is 0 Å². The van der Waals surface area contributed by atoms with Crippen LogP contribution in [0.1, 0.15) is 26.3 Å². The first-order valence-corrected chi connectivity index (χ1v) is 10.7. The Kier molecular flexibility index (Phi) is 5.73. The molecule has 0 saturated carbocycles. The van der Waals surface area contributed by atoms with Crippen LogP contribution >= 0.6 is 34.8 Å². The molecule has 3 aromatic rings. The molecule has 4 rings (SSSR count). The van der Waals surface area contributed by atoms with Gasteiger partial charge in [0.15, 0.2) is 0 Å². The molecule has 1 aliphatic rings. The van der Waals surface area contributed by atoms with Gasteiger partial charge >= 0.3 is 0 Å². The van der Waals surface area contributed by atoms with Crippen LogP contribution < -0.4 is 10.1 Å². The Hall–Kier alpha value is -2.53. The highest BCUT2D eigenvalue weighted by atomic mass is 35.5. The molecule has 0 atom stereocenters. The third-order valence-electron chi connectivity index (χ3n) is 4.78. The minimum Gasteiger partial charge on any atom is -0.467 e. The van der Waals surface area contributed by atoms with Crippen molar-refractivity contribution < 1.29 is 9.53 Å². The number of nitrogens with zero attached hydrogens (tertiary/aromatic N) is 1. The minimum absolute atomic E-state index is 0.173. The van der Waals surface area contributed by atoms with Crippen LogP contribution in [-0.2, 0) is 4.79 Å². The molecule has 0 radical (unpaired) electrons. The molecule has 4 nitrogen and oxygen atoms in total. The standard InChI is InChI=1S/C24H19Cl3N2O2/c1-13(30)28-21-12-24(2,3)31-23-19(21)11-18(14-4-6-15(25)7-5-14)22(29-23)17-9-8-16(26)10-20(17)27/h4-12H,1-3H3,(H,28,30). The van der Waals surface area contributed by atoms with Crippen molar-refractivity contribution in [3.05, 3.63) is 75.2 Å². The zero-order valence-electron chi connectivity index (χ0n) is 17.1. The summed E-state index contributed by atoms with van der Waals surface area (Å²) in [6.45, 7) is 5.28. The Morgan fingerprint density at radius 2 is 1.61 bits per heavy atom. The quantitative estimate of drug-likeness (QED) is 0.444. The highest BCUT2D eigenvalue weighted by Crippen LogP contribution is 2.42. The topological polar surface area (TPSA) is 51.2 Å². The molecule has 0 aliphatic carbocycles. The predicted octanol–water partition coefficient (Wildman–Crippen LogP) is 7.02. The molecule has 1 aromatic heterocycles. The summed E-state index contributed by atoms with van der Waals surface area (Å²) in [5, 5.41) is 4.54. The van der Waals surface area contributed by atoms with Crippen LogP contribution in [0.25, 0.3) is 28.1 Å². The van der Waals surface area contributed by atoms with E-state index in [1.54, 1.807) is 12.1 Å². The molecular weight excluding hydrogens is 455 g/mol. The van der Waals surface area contributed by atoms with E-state index < -0.39 is 5.60 Å². The second-order valence-electron chi connectivity index (χ2n) is 7.81. The van der Waals surface area contributed by atoms with Crippen molar-refractivity contribution >= 4 is 46.4 Å². The first-order chi connectivity index (χ1) is 14.6. The number of halogens is 3. The summed E-state index contributed by atoms with van der Waals surface area (Å²) in [6, 6.07) is 14.7. The first kappa shape index (κ1) is 21.7. The van der Waals surface area contributed by atoms with Gasteiger partial charge in [0.2, 0.25) is 11.8 Å². The Labute approximate surface area is 195 Å². The van der Waals surface area contributed by atoms with Crippen molar-refractivity contribution in [1.29, 1.82) is 0 Å². The number of carbonyl (C=O) groups is 1. The lowest BCUT2D eigenvalue weighted by molar-refractivity contribution is -0.117. The van der Waals surface area contributed by atoms with Gasteiger partial charge in [-0.2, -0.15) is 0 Å². The lowest BCUT2D eigenvalue weighted by atomic mass is 9.94. The van der Waals surface area contributed by atoms with Crippen LogP contribution in [-0.4, -0.2) is 16.5 Å². The van der Waals surface area contributed by atoms with E-state index in [1.807, 2.05) is 56.3 Å². The van der Waals surface area contributed by atoms with Crippen molar-refractivity contribution in [2.75, 3.05) is 0 Å². The minimum atomic E-state index is -0.652. The van der Waals surface area contributed by atoms with Crippen LogP contribution in [0.2, 0.25) is 15.1 Å². The van der Waals surface area contributed by atoms with Crippen molar-refractivity contribution in [2.24, 2.45) is 0 Å². The second kappa shape index (κ2) is 8.19. The van der Waals surface area contributed by atoms with E-state index in [0.29, 0.717) is 37.9 Å². The number of hydrogen-bond donors (Lipinski definition) is 1. The number of benzene rings is 2. The van der Waals surface area contributed by atoms with Gasteiger partial charge < -0.3 is 10.1 Å². The number of amides is 1. The van der Waals surface area contributed by atoms with E-state index in [-0.39, 0.29) is 5.91 Å². The Morgan fingerprint density at radius 1 is 0.935 bits per heavy atom. The molecule has 0 unspecified atom stereocenters. The van der Waals surface area contributed by atoms with Gasteiger partial charge in [-0.1, -0.05) is 46.9 Å². The van der Waals surface area contributed by atoms with Crippen LogP contribution in [0.5, 0.6) is 5.88 Å². The number of hydrogen-bond acceptors (Lipinski definition) is 3. The zero-order chi connectivity index (χ0) is 22.3. The number of aromatic nitrogens is 1. The smallest absolute Gasteiger partial charge is 0.224 e. The van der Waals surface area contributed by atoms with Crippen LogP contribution in [0.3, 0.4) is 0 Å². The van der Waals surface area contributed by atoms with E-state index in [4.69, 9.17) is 44.5 Å². The fraction of sp³-hybridized carbons (Fsp3) is 0.167. The normalized spacial score (nSPS) is 14.3. The molecule has 2 heterocycles. The summed E-state index contributed by atoms with van der Waals surface area (Å²) in [4.78, 5) is 16.7. The van der Waals surface area contributed by atoms with Gasteiger partial charge in [-0.05, 0) is 61.9 Å². The van der Waals surface area contributed by atoms with Crippen molar-refractivity contribution in [1.82, 2.24) is 10.3 Å². The lowest BCUT2D eigenvalue weighted by Gasteiger charge is -2.31. The van der Waals surface area contributed by atoms with Gasteiger partial charge in [0.1, 0.15) is 5.60 Å².